The molecule has 0 saturated carbocycles. The van der Waals surface area contributed by atoms with Crippen molar-refractivity contribution in [3.63, 3.8) is 0 Å². The van der Waals surface area contributed by atoms with E-state index in [1.54, 1.807) is 43.6 Å². The molecule has 0 unspecified atom stereocenters. The molecule has 0 radical (unpaired) electrons. The van der Waals surface area contributed by atoms with E-state index in [2.05, 4.69) is 20.6 Å². The first kappa shape index (κ1) is 17.7. The number of rotatable bonds is 6. The number of amides is 1. The van der Waals surface area contributed by atoms with E-state index in [-0.39, 0.29) is 5.91 Å². The van der Waals surface area contributed by atoms with Crippen LogP contribution in [0.4, 0.5) is 11.5 Å². The van der Waals surface area contributed by atoms with Crippen LogP contribution in [0, 0.1) is 0 Å². The molecule has 2 N–H and O–H groups in total. The molecule has 0 bridgehead atoms. The van der Waals surface area contributed by atoms with Crippen molar-refractivity contribution in [2.75, 3.05) is 12.4 Å². The zero-order valence-corrected chi connectivity index (χ0v) is 14.8. The molecule has 0 aliphatic carbocycles. The average Bonchev–Trinajstić information content (AvgIpc) is 2.68. The van der Waals surface area contributed by atoms with E-state index >= 15 is 0 Å². The highest BCUT2D eigenvalue weighted by atomic mass is 35.5. The number of nitrogens with zero attached hydrogens (tertiary/aromatic N) is 2. The zero-order chi connectivity index (χ0) is 18.4. The van der Waals surface area contributed by atoms with Gasteiger partial charge < -0.3 is 15.4 Å². The SMILES string of the molecule is COc1ccc(Cl)cc1Nc1ccc(C(=O)NCc2ccccn2)cn1. The molecule has 3 aromatic rings. The molecule has 3 rings (SSSR count). The smallest absolute Gasteiger partial charge is 0.253 e. The number of nitrogens with one attached hydrogen (secondary N) is 2. The Bertz CT molecular complexity index is 886. The molecule has 26 heavy (non-hydrogen) atoms. The standard InChI is InChI=1S/C19H17ClN4O2/c1-26-17-7-6-14(20)10-16(17)24-18-8-5-13(11-22-18)19(25)23-12-15-4-2-3-9-21-15/h2-11H,12H2,1H3,(H,22,24)(H,23,25). The fourth-order valence-corrected chi connectivity index (χ4v) is 2.47. The van der Waals surface area contributed by atoms with Crippen molar-refractivity contribution in [1.29, 1.82) is 0 Å². The van der Waals surface area contributed by atoms with Gasteiger partial charge in [-0.1, -0.05) is 17.7 Å². The Morgan fingerprint density at radius 3 is 2.73 bits per heavy atom. The molecular formula is C19H17ClN4O2. The van der Waals surface area contributed by atoms with Crippen molar-refractivity contribution in [3.05, 3.63) is 77.2 Å². The number of hydrogen-bond donors (Lipinski definition) is 2. The van der Waals surface area contributed by atoms with E-state index < -0.39 is 0 Å². The van der Waals surface area contributed by atoms with Crippen molar-refractivity contribution < 1.29 is 9.53 Å². The largest absolute Gasteiger partial charge is 0.495 e. The van der Waals surface area contributed by atoms with E-state index in [1.165, 1.54) is 6.20 Å². The predicted molar refractivity (Wildman–Crippen MR) is 101 cm³/mol. The Balaban J connectivity index is 1.65. The minimum atomic E-state index is -0.213. The number of hydrogen-bond acceptors (Lipinski definition) is 5. The Hall–Kier alpha value is -3.12. The molecule has 0 aliphatic heterocycles. The molecule has 1 aromatic carbocycles. The van der Waals surface area contributed by atoms with Crippen LogP contribution < -0.4 is 15.4 Å². The summed E-state index contributed by atoms with van der Waals surface area (Å²) < 4.78 is 5.29. The molecule has 0 aliphatic rings. The molecule has 1 amide bonds. The summed E-state index contributed by atoms with van der Waals surface area (Å²) in [4.78, 5) is 20.6. The van der Waals surface area contributed by atoms with Gasteiger partial charge in [-0.3, -0.25) is 9.78 Å². The first-order chi connectivity index (χ1) is 12.7. The highest BCUT2D eigenvalue weighted by molar-refractivity contribution is 6.31. The van der Waals surface area contributed by atoms with Crippen LogP contribution in [-0.4, -0.2) is 23.0 Å². The lowest BCUT2D eigenvalue weighted by atomic mass is 10.2. The Morgan fingerprint density at radius 1 is 1.15 bits per heavy atom. The van der Waals surface area contributed by atoms with Gasteiger partial charge in [-0.15, -0.1) is 0 Å². The third kappa shape index (κ3) is 4.49. The third-order valence-electron chi connectivity index (χ3n) is 3.61. The molecular weight excluding hydrogens is 352 g/mol. The lowest BCUT2D eigenvalue weighted by molar-refractivity contribution is 0.0950. The summed E-state index contributed by atoms with van der Waals surface area (Å²) in [6, 6.07) is 14.2. The van der Waals surface area contributed by atoms with E-state index in [1.807, 2.05) is 18.2 Å². The maximum absolute atomic E-state index is 12.2. The number of benzene rings is 1. The second-order valence-electron chi connectivity index (χ2n) is 5.41. The lowest BCUT2D eigenvalue weighted by Gasteiger charge is -2.11. The zero-order valence-electron chi connectivity index (χ0n) is 14.1. The number of aromatic nitrogens is 2. The van der Waals surface area contributed by atoms with Crippen LogP contribution in [0.3, 0.4) is 0 Å². The van der Waals surface area contributed by atoms with Crippen molar-refractivity contribution in [3.8, 4) is 5.75 Å². The van der Waals surface area contributed by atoms with Crippen molar-refractivity contribution >= 4 is 29.0 Å². The quantitative estimate of drug-likeness (QED) is 0.691. The summed E-state index contributed by atoms with van der Waals surface area (Å²) in [5.74, 6) is 1.01. The van der Waals surface area contributed by atoms with Gasteiger partial charge >= 0.3 is 0 Å². The van der Waals surface area contributed by atoms with Crippen LogP contribution in [0.1, 0.15) is 16.1 Å². The van der Waals surface area contributed by atoms with Crippen LogP contribution in [0.15, 0.2) is 60.9 Å². The van der Waals surface area contributed by atoms with Crippen molar-refractivity contribution in [2.45, 2.75) is 6.54 Å². The van der Waals surface area contributed by atoms with E-state index in [0.29, 0.717) is 34.4 Å². The molecule has 0 fully saturated rings. The molecule has 0 saturated heterocycles. The highest BCUT2D eigenvalue weighted by Gasteiger charge is 2.08. The van der Waals surface area contributed by atoms with Gasteiger partial charge in [-0.25, -0.2) is 4.98 Å². The van der Waals surface area contributed by atoms with Crippen molar-refractivity contribution in [2.24, 2.45) is 0 Å². The molecule has 0 atom stereocenters. The van der Waals surface area contributed by atoms with Gasteiger partial charge in [0.25, 0.3) is 5.91 Å². The summed E-state index contributed by atoms with van der Waals surface area (Å²) in [6.45, 7) is 0.361. The predicted octanol–water partition coefficient (Wildman–Crippen LogP) is 3.81. The van der Waals surface area contributed by atoms with E-state index in [4.69, 9.17) is 16.3 Å². The Morgan fingerprint density at radius 2 is 2.04 bits per heavy atom. The highest BCUT2D eigenvalue weighted by Crippen LogP contribution is 2.29. The molecule has 2 aromatic heterocycles. The number of carbonyl (C=O) groups excluding carboxylic acids is 1. The van der Waals surface area contributed by atoms with Crippen molar-refractivity contribution in [1.82, 2.24) is 15.3 Å². The minimum absolute atomic E-state index is 0.213. The fourth-order valence-electron chi connectivity index (χ4n) is 2.29. The van der Waals surface area contributed by atoms with Gasteiger partial charge in [0.15, 0.2) is 0 Å². The molecule has 2 heterocycles. The van der Waals surface area contributed by atoms with Gasteiger partial charge in [-0.2, -0.15) is 0 Å². The molecule has 0 spiro atoms. The van der Waals surface area contributed by atoms with Gasteiger partial charge in [0.05, 0.1) is 30.6 Å². The summed E-state index contributed by atoms with van der Waals surface area (Å²) >= 11 is 6.02. The monoisotopic (exact) mass is 368 g/mol. The average molecular weight is 369 g/mol. The maximum Gasteiger partial charge on any atom is 0.253 e. The first-order valence-corrected chi connectivity index (χ1v) is 8.28. The fraction of sp³-hybridized carbons (Fsp3) is 0.105. The topological polar surface area (TPSA) is 76.1 Å². The first-order valence-electron chi connectivity index (χ1n) is 7.90. The summed E-state index contributed by atoms with van der Waals surface area (Å²) in [7, 11) is 1.58. The maximum atomic E-state index is 12.2. The summed E-state index contributed by atoms with van der Waals surface area (Å²) in [5, 5.41) is 6.52. The van der Waals surface area contributed by atoms with Gasteiger partial charge in [0.2, 0.25) is 0 Å². The number of carbonyl (C=O) groups is 1. The van der Waals surface area contributed by atoms with Crippen LogP contribution in [-0.2, 0) is 6.54 Å². The second-order valence-corrected chi connectivity index (χ2v) is 5.84. The molecule has 132 valence electrons. The molecule has 7 heteroatoms. The third-order valence-corrected chi connectivity index (χ3v) is 3.84. The summed E-state index contributed by atoms with van der Waals surface area (Å²) in [5.41, 5.74) is 1.95. The van der Waals surface area contributed by atoms with Crippen LogP contribution in [0.5, 0.6) is 5.75 Å². The summed E-state index contributed by atoms with van der Waals surface area (Å²) in [6.07, 6.45) is 3.20. The van der Waals surface area contributed by atoms with Crippen LogP contribution in [0.25, 0.3) is 0 Å². The van der Waals surface area contributed by atoms with Crippen LogP contribution >= 0.6 is 11.6 Å². The number of ether oxygens (including phenoxy) is 1. The number of pyridine rings is 2. The normalized spacial score (nSPS) is 10.2. The number of halogens is 1. The van der Waals surface area contributed by atoms with Gasteiger partial charge in [0.1, 0.15) is 11.6 Å². The van der Waals surface area contributed by atoms with Crippen LogP contribution in [0.2, 0.25) is 5.02 Å². The Labute approximate surface area is 156 Å². The van der Waals surface area contributed by atoms with Gasteiger partial charge in [-0.05, 0) is 42.5 Å². The Kier molecular flexibility index (Phi) is 5.66. The number of methoxy groups -OCH3 is 1. The lowest BCUT2D eigenvalue weighted by Crippen LogP contribution is -2.23. The van der Waals surface area contributed by atoms with E-state index in [0.717, 1.165) is 5.69 Å². The van der Waals surface area contributed by atoms with Gasteiger partial charge in [0, 0.05) is 17.4 Å². The van der Waals surface area contributed by atoms with E-state index in [9.17, 15) is 4.79 Å². The second kappa shape index (κ2) is 8.31. The minimum Gasteiger partial charge on any atom is -0.495 e. The molecule has 6 nitrogen and oxygen atoms in total. The number of anilines is 2.